The molecular weight excluding hydrogens is 218 g/mol. The number of hydrogen-bond acceptors (Lipinski definition) is 3. The highest BCUT2D eigenvalue weighted by Crippen LogP contribution is 2.27. The molecule has 0 saturated carbocycles. The highest BCUT2D eigenvalue weighted by molar-refractivity contribution is 7.08. The fourth-order valence-electron chi connectivity index (χ4n) is 1.23. The summed E-state index contributed by atoms with van der Waals surface area (Å²) in [4.78, 5) is 14.7. The summed E-state index contributed by atoms with van der Waals surface area (Å²) in [6.07, 6.45) is 2.34. The van der Waals surface area contributed by atoms with E-state index in [2.05, 4.69) is 4.98 Å². The summed E-state index contributed by atoms with van der Waals surface area (Å²) >= 11 is 7.39. The van der Waals surface area contributed by atoms with E-state index >= 15 is 0 Å². The summed E-state index contributed by atoms with van der Waals surface area (Å²) in [7, 11) is 0. The molecular formula is C10H6ClNOS. The van der Waals surface area contributed by atoms with Gasteiger partial charge in [0.25, 0.3) is 0 Å². The van der Waals surface area contributed by atoms with Crippen LogP contribution < -0.4 is 0 Å². The number of thiophene rings is 1. The Labute approximate surface area is 90.2 Å². The number of carbonyl (C=O) groups excluding carboxylic acids is 1. The number of carbonyl (C=O) groups is 1. The Kier molecular flexibility index (Phi) is 2.61. The van der Waals surface area contributed by atoms with Crippen LogP contribution in [0.15, 0.2) is 29.1 Å². The fourth-order valence-corrected chi connectivity index (χ4v) is 2.09. The number of hydrogen-bond donors (Lipinski definition) is 0. The van der Waals surface area contributed by atoms with Gasteiger partial charge in [-0.25, -0.2) is 4.98 Å². The van der Waals surface area contributed by atoms with E-state index in [9.17, 15) is 4.79 Å². The van der Waals surface area contributed by atoms with Crippen LogP contribution >= 0.6 is 22.9 Å². The van der Waals surface area contributed by atoms with Crippen LogP contribution in [0.4, 0.5) is 0 Å². The molecule has 0 amide bonds. The Morgan fingerprint density at radius 3 is 2.93 bits per heavy atom. The molecule has 70 valence electrons. The third-order valence-electron chi connectivity index (χ3n) is 1.89. The minimum atomic E-state index is 0.253. The van der Waals surface area contributed by atoms with Crippen molar-refractivity contribution in [3.63, 3.8) is 0 Å². The Morgan fingerprint density at radius 2 is 2.29 bits per heavy atom. The van der Waals surface area contributed by atoms with Gasteiger partial charge in [-0.3, -0.25) is 4.79 Å². The Hall–Kier alpha value is -1.19. The molecule has 2 rings (SSSR count). The van der Waals surface area contributed by atoms with Crippen molar-refractivity contribution in [3.8, 4) is 11.1 Å². The van der Waals surface area contributed by atoms with Crippen LogP contribution in [0.5, 0.6) is 0 Å². The number of nitrogens with zero attached hydrogens (tertiary/aromatic N) is 1. The van der Waals surface area contributed by atoms with E-state index in [1.54, 1.807) is 23.6 Å². The standard InChI is InChI=1S/C10H6ClNOS/c11-10-9(5-13)8(1-3-12-10)7-2-4-14-6-7/h1-6H. The Bertz CT molecular complexity index is 453. The molecule has 2 heterocycles. The molecule has 0 saturated heterocycles. The normalized spacial score (nSPS) is 10.1. The predicted molar refractivity (Wildman–Crippen MR) is 57.9 cm³/mol. The van der Waals surface area contributed by atoms with Gasteiger partial charge in [0, 0.05) is 6.20 Å². The van der Waals surface area contributed by atoms with E-state index in [4.69, 9.17) is 11.6 Å². The molecule has 2 aromatic heterocycles. The maximum absolute atomic E-state index is 10.8. The lowest BCUT2D eigenvalue weighted by Crippen LogP contribution is -1.90. The summed E-state index contributed by atoms with van der Waals surface area (Å²) in [6.45, 7) is 0. The summed E-state index contributed by atoms with van der Waals surface area (Å²) in [5.41, 5.74) is 2.29. The van der Waals surface area contributed by atoms with E-state index in [-0.39, 0.29) is 5.15 Å². The van der Waals surface area contributed by atoms with Gasteiger partial charge in [-0.2, -0.15) is 11.3 Å². The third kappa shape index (κ3) is 1.56. The molecule has 0 aliphatic rings. The molecule has 4 heteroatoms. The number of aromatic nitrogens is 1. The van der Waals surface area contributed by atoms with Crippen LogP contribution in [0.1, 0.15) is 10.4 Å². The molecule has 0 fully saturated rings. The molecule has 0 aliphatic heterocycles. The van der Waals surface area contributed by atoms with Crippen molar-refractivity contribution < 1.29 is 4.79 Å². The monoisotopic (exact) mass is 223 g/mol. The lowest BCUT2D eigenvalue weighted by molar-refractivity contribution is 0.112. The summed E-state index contributed by atoms with van der Waals surface area (Å²) in [6, 6.07) is 3.74. The molecule has 0 radical (unpaired) electrons. The average Bonchev–Trinajstić information content (AvgIpc) is 2.70. The Balaban J connectivity index is 2.64. The van der Waals surface area contributed by atoms with Crippen molar-refractivity contribution in [2.45, 2.75) is 0 Å². The first-order valence-electron chi connectivity index (χ1n) is 3.95. The number of pyridine rings is 1. The van der Waals surface area contributed by atoms with Gasteiger partial charge in [0.05, 0.1) is 5.56 Å². The topological polar surface area (TPSA) is 30.0 Å². The molecule has 2 nitrogen and oxygen atoms in total. The number of aldehydes is 1. The first-order valence-corrected chi connectivity index (χ1v) is 5.27. The lowest BCUT2D eigenvalue weighted by Gasteiger charge is -2.02. The summed E-state index contributed by atoms with van der Waals surface area (Å²) in [5, 5.41) is 4.18. The quantitative estimate of drug-likeness (QED) is 0.578. The summed E-state index contributed by atoms with van der Waals surface area (Å²) < 4.78 is 0. The second kappa shape index (κ2) is 3.90. The zero-order valence-electron chi connectivity index (χ0n) is 7.11. The first-order chi connectivity index (χ1) is 6.83. The molecule has 0 unspecified atom stereocenters. The van der Waals surface area contributed by atoms with Gasteiger partial charge in [0.15, 0.2) is 6.29 Å². The van der Waals surface area contributed by atoms with Gasteiger partial charge in [-0.15, -0.1) is 0 Å². The van der Waals surface area contributed by atoms with E-state index < -0.39 is 0 Å². The molecule has 0 spiro atoms. The second-order valence-corrected chi connectivity index (χ2v) is 3.83. The molecule has 0 aromatic carbocycles. The number of rotatable bonds is 2. The van der Waals surface area contributed by atoms with Crippen molar-refractivity contribution in [1.29, 1.82) is 0 Å². The first kappa shape index (κ1) is 9.37. The van der Waals surface area contributed by atoms with Crippen molar-refractivity contribution in [2.75, 3.05) is 0 Å². The largest absolute Gasteiger partial charge is 0.298 e. The van der Waals surface area contributed by atoms with Gasteiger partial charge < -0.3 is 0 Å². The third-order valence-corrected chi connectivity index (χ3v) is 2.88. The lowest BCUT2D eigenvalue weighted by atomic mass is 10.1. The SMILES string of the molecule is O=Cc1c(-c2ccsc2)ccnc1Cl. The second-order valence-electron chi connectivity index (χ2n) is 2.69. The van der Waals surface area contributed by atoms with Crippen molar-refractivity contribution in [3.05, 3.63) is 39.8 Å². The molecule has 14 heavy (non-hydrogen) atoms. The minimum Gasteiger partial charge on any atom is -0.298 e. The van der Waals surface area contributed by atoms with Crippen LogP contribution in [-0.2, 0) is 0 Å². The van der Waals surface area contributed by atoms with Crippen LogP contribution in [0.2, 0.25) is 5.15 Å². The zero-order valence-corrected chi connectivity index (χ0v) is 8.68. The van der Waals surface area contributed by atoms with Crippen LogP contribution in [0, 0.1) is 0 Å². The van der Waals surface area contributed by atoms with Gasteiger partial charge >= 0.3 is 0 Å². The minimum absolute atomic E-state index is 0.253. The van der Waals surface area contributed by atoms with Crippen molar-refractivity contribution >= 4 is 29.2 Å². The molecule has 0 aliphatic carbocycles. The molecule has 0 N–H and O–H groups in total. The maximum atomic E-state index is 10.8. The van der Waals surface area contributed by atoms with E-state index in [0.717, 1.165) is 17.4 Å². The van der Waals surface area contributed by atoms with Gasteiger partial charge in [-0.1, -0.05) is 11.6 Å². The Morgan fingerprint density at radius 1 is 1.43 bits per heavy atom. The summed E-state index contributed by atoms with van der Waals surface area (Å²) in [5.74, 6) is 0. The average molecular weight is 224 g/mol. The number of halogens is 1. The van der Waals surface area contributed by atoms with Gasteiger partial charge in [0.1, 0.15) is 5.15 Å². The van der Waals surface area contributed by atoms with Crippen molar-refractivity contribution in [2.24, 2.45) is 0 Å². The van der Waals surface area contributed by atoms with Crippen molar-refractivity contribution in [1.82, 2.24) is 4.98 Å². The van der Waals surface area contributed by atoms with Crippen LogP contribution in [0.25, 0.3) is 11.1 Å². The fraction of sp³-hybridized carbons (Fsp3) is 0. The van der Waals surface area contributed by atoms with Crippen LogP contribution in [-0.4, -0.2) is 11.3 Å². The van der Waals surface area contributed by atoms with E-state index in [0.29, 0.717) is 5.56 Å². The smallest absolute Gasteiger partial charge is 0.153 e. The van der Waals surface area contributed by atoms with Gasteiger partial charge in [-0.05, 0) is 34.0 Å². The maximum Gasteiger partial charge on any atom is 0.153 e. The molecule has 2 aromatic rings. The predicted octanol–water partition coefficient (Wildman–Crippen LogP) is 3.28. The van der Waals surface area contributed by atoms with Gasteiger partial charge in [0.2, 0.25) is 0 Å². The molecule has 0 bridgehead atoms. The molecule has 0 atom stereocenters. The highest BCUT2D eigenvalue weighted by Gasteiger charge is 2.08. The van der Waals surface area contributed by atoms with E-state index in [1.165, 1.54) is 0 Å². The zero-order chi connectivity index (χ0) is 9.97. The van der Waals surface area contributed by atoms with Crippen LogP contribution in [0.3, 0.4) is 0 Å². The highest BCUT2D eigenvalue weighted by atomic mass is 35.5. The van der Waals surface area contributed by atoms with E-state index in [1.807, 2.05) is 16.8 Å².